The molecule has 0 amide bonds. The lowest BCUT2D eigenvalue weighted by atomic mass is 10.2. The number of rotatable bonds is 2. The fraction of sp³-hybridized carbons (Fsp3) is 0.385. The van der Waals surface area contributed by atoms with Crippen LogP contribution in [-0.4, -0.2) is 34.9 Å². The molecule has 100 valence electrons. The molecule has 2 aromatic rings. The Balaban J connectivity index is 2.25. The highest BCUT2D eigenvalue weighted by Crippen LogP contribution is 2.35. The van der Waals surface area contributed by atoms with E-state index in [1.54, 1.807) is 4.57 Å². The predicted octanol–water partition coefficient (Wildman–Crippen LogP) is 2.58. The van der Waals surface area contributed by atoms with Crippen molar-refractivity contribution in [3.63, 3.8) is 0 Å². The number of fused-ring (bicyclic) bond motifs is 2. The van der Waals surface area contributed by atoms with E-state index in [1.807, 2.05) is 25.3 Å². The smallest absolute Gasteiger partial charge is 0.232 e. The SMILES string of the molecule is CCC(=O)n1c(SC)nc2cc3c(cc21)OCCO3. The number of hydrogen-bond donors (Lipinski definition) is 0. The minimum atomic E-state index is 0.0310. The second kappa shape index (κ2) is 4.77. The van der Waals surface area contributed by atoms with Crippen LogP contribution in [0.1, 0.15) is 18.1 Å². The summed E-state index contributed by atoms with van der Waals surface area (Å²) in [6, 6.07) is 3.67. The molecule has 6 heteroatoms. The second-order valence-corrected chi connectivity index (χ2v) is 4.94. The highest BCUT2D eigenvalue weighted by atomic mass is 32.2. The monoisotopic (exact) mass is 278 g/mol. The molecule has 5 nitrogen and oxygen atoms in total. The molecule has 0 atom stereocenters. The average Bonchev–Trinajstić information content (AvgIpc) is 2.81. The summed E-state index contributed by atoms with van der Waals surface area (Å²) < 4.78 is 12.7. The number of hydrogen-bond acceptors (Lipinski definition) is 5. The van der Waals surface area contributed by atoms with Gasteiger partial charge in [-0.2, -0.15) is 0 Å². The Hall–Kier alpha value is -1.69. The van der Waals surface area contributed by atoms with E-state index in [9.17, 15) is 4.79 Å². The first kappa shape index (κ1) is 12.3. The molecule has 0 spiro atoms. The van der Waals surface area contributed by atoms with E-state index in [2.05, 4.69) is 4.98 Å². The quantitative estimate of drug-likeness (QED) is 0.790. The number of thioether (sulfide) groups is 1. The van der Waals surface area contributed by atoms with Gasteiger partial charge in [0.1, 0.15) is 13.2 Å². The maximum Gasteiger partial charge on any atom is 0.232 e. The lowest BCUT2D eigenvalue weighted by molar-refractivity contribution is 0.0903. The van der Waals surface area contributed by atoms with Gasteiger partial charge in [0.25, 0.3) is 0 Å². The van der Waals surface area contributed by atoms with E-state index in [0.29, 0.717) is 36.3 Å². The standard InChI is InChI=1S/C13H14N2O3S/c1-3-12(16)15-9-7-11-10(17-4-5-18-11)6-8(9)14-13(15)19-2/h6-7H,3-5H2,1-2H3. The third kappa shape index (κ3) is 1.96. The van der Waals surface area contributed by atoms with Gasteiger partial charge in [-0.1, -0.05) is 18.7 Å². The maximum absolute atomic E-state index is 12.1. The Kier molecular flexibility index (Phi) is 3.10. The van der Waals surface area contributed by atoms with Crippen LogP contribution in [0, 0.1) is 0 Å². The first-order valence-electron chi connectivity index (χ1n) is 6.14. The Labute approximate surface area is 114 Å². The van der Waals surface area contributed by atoms with Crippen molar-refractivity contribution >= 4 is 28.7 Å². The summed E-state index contributed by atoms with van der Waals surface area (Å²) in [6.45, 7) is 2.92. The molecule has 2 heterocycles. The summed E-state index contributed by atoms with van der Waals surface area (Å²) in [5.41, 5.74) is 1.54. The molecule has 0 bridgehead atoms. The van der Waals surface area contributed by atoms with Gasteiger partial charge >= 0.3 is 0 Å². The van der Waals surface area contributed by atoms with Crippen molar-refractivity contribution in [2.24, 2.45) is 0 Å². The summed E-state index contributed by atoms with van der Waals surface area (Å²) in [5, 5.41) is 0.698. The molecule has 0 radical (unpaired) electrons. The molecule has 1 aliphatic heterocycles. The highest BCUT2D eigenvalue weighted by Gasteiger charge is 2.20. The zero-order chi connectivity index (χ0) is 13.4. The van der Waals surface area contributed by atoms with Crippen LogP contribution in [0.15, 0.2) is 17.3 Å². The molecule has 0 N–H and O–H groups in total. The zero-order valence-electron chi connectivity index (χ0n) is 10.8. The topological polar surface area (TPSA) is 53.4 Å². The highest BCUT2D eigenvalue weighted by molar-refractivity contribution is 7.98. The fourth-order valence-electron chi connectivity index (χ4n) is 2.13. The Morgan fingerprint density at radius 2 is 2.05 bits per heavy atom. The summed E-state index contributed by atoms with van der Waals surface area (Å²) in [7, 11) is 0. The number of carbonyl (C=O) groups excluding carboxylic acids is 1. The van der Waals surface area contributed by atoms with Gasteiger partial charge in [0, 0.05) is 18.6 Å². The van der Waals surface area contributed by atoms with Crippen molar-refractivity contribution in [1.82, 2.24) is 9.55 Å². The summed E-state index contributed by atoms with van der Waals surface area (Å²) in [5.74, 6) is 1.40. The molecule has 0 unspecified atom stereocenters. The summed E-state index contributed by atoms with van der Waals surface area (Å²) in [6.07, 6.45) is 2.35. The normalized spacial score (nSPS) is 13.8. The van der Waals surface area contributed by atoms with Gasteiger partial charge in [0.05, 0.1) is 11.0 Å². The molecule has 0 saturated carbocycles. The molecular formula is C13H14N2O3S. The van der Waals surface area contributed by atoms with E-state index in [-0.39, 0.29) is 5.91 Å². The van der Waals surface area contributed by atoms with E-state index in [1.165, 1.54) is 11.8 Å². The third-order valence-corrected chi connectivity index (χ3v) is 3.66. The number of aromatic nitrogens is 2. The first-order valence-corrected chi connectivity index (χ1v) is 7.36. The predicted molar refractivity (Wildman–Crippen MR) is 73.4 cm³/mol. The van der Waals surface area contributed by atoms with Gasteiger partial charge in [-0.25, -0.2) is 4.98 Å². The van der Waals surface area contributed by atoms with Crippen LogP contribution in [0.4, 0.5) is 0 Å². The van der Waals surface area contributed by atoms with E-state index < -0.39 is 0 Å². The van der Waals surface area contributed by atoms with E-state index >= 15 is 0 Å². The minimum absolute atomic E-state index is 0.0310. The molecule has 0 fully saturated rings. The lowest BCUT2D eigenvalue weighted by Crippen LogP contribution is -2.15. The number of carbonyl (C=O) groups is 1. The van der Waals surface area contributed by atoms with Crippen molar-refractivity contribution in [3.05, 3.63) is 12.1 Å². The zero-order valence-corrected chi connectivity index (χ0v) is 11.6. The second-order valence-electron chi connectivity index (χ2n) is 4.17. The van der Waals surface area contributed by atoms with Crippen molar-refractivity contribution in [3.8, 4) is 11.5 Å². The molecule has 1 aromatic carbocycles. The van der Waals surface area contributed by atoms with E-state index in [4.69, 9.17) is 9.47 Å². The molecule has 0 aliphatic carbocycles. The molecule has 3 rings (SSSR count). The first-order chi connectivity index (χ1) is 9.24. The molecule has 19 heavy (non-hydrogen) atoms. The maximum atomic E-state index is 12.1. The van der Waals surface area contributed by atoms with Gasteiger partial charge in [-0.15, -0.1) is 0 Å². The van der Waals surface area contributed by atoms with Crippen LogP contribution in [0.25, 0.3) is 11.0 Å². The third-order valence-electron chi connectivity index (χ3n) is 3.02. The van der Waals surface area contributed by atoms with Crippen molar-refractivity contribution in [2.75, 3.05) is 19.5 Å². The van der Waals surface area contributed by atoms with Crippen LogP contribution in [0.2, 0.25) is 0 Å². The van der Waals surface area contributed by atoms with Crippen molar-refractivity contribution < 1.29 is 14.3 Å². The molecule has 1 aromatic heterocycles. The Morgan fingerprint density at radius 3 is 2.68 bits per heavy atom. The lowest BCUT2D eigenvalue weighted by Gasteiger charge is -2.18. The van der Waals surface area contributed by atoms with Crippen LogP contribution in [-0.2, 0) is 0 Å². The molecule has 1 aliphatic rings. The van der Waals surface area contributed by atoms with Crippen LogP contribution >= 0.6 is 11.8 Å². The Morgan fingerprint density at radius 1 is 1.37 bits per heavy atom. The largest absolute Gasteiger partial charge is 0.486 e. The van der Waals surface area contributed by atoms with Crippen molar-refractivity contribution in [2.45, 2.75) is 18.5 Å². The summed E-state index contributed by atoms with van der Waals surface area (Å²) in [4.78, 5) is 16.6. The van der Waals surface area contributed by atoms with Gasteiger partial charge in [-0.05, 0) is 6.26 Å². The van der Waals surface area contributed by atoms with E-state index in [0.717, 1.165) is 11.0 Å². The van der Waals surface area contributed by atoms with Crippen molar-refractivity contribution in [1.29, 1.82) is 0 Å². The van der Waals surface area contributed by atoms with Gasteiger partial charge in [0.2, 0.25) is 5.91 Å². The van der Waals surface area contributed by atoms with Gasteiger partial charge in [0.15, 0.2) is 16.7 Å². The summed E-state index contributed by atoms with van der Waals surface area (Å²) >= 11 is 1.46. The number of ether oxygens (including phenoxy) is 2. The van der Waals surface area contributed by atoms with Crippen LogP contribution in [0.5, 0.6) is 11.5 Å². The van der Waals surface area contributed by atoms with Gasteiger partial charge in [-0.3, -0.25) is 9.36 Å². The number of nitrogens with zero attached hydrogens (tertiary/aromatic N) is 2. The Bertz CT molecular complexity index is 651. The fourth-order valence-corrected chi connectivity index (χ4v) is 2.70. The molecular weight excluding hydrogens is 264 g/mol. The average molecular weight is 278 g/mol. The van der Waals surface area contributed by atoms with Crippen LogP contribution < -0.4 is 9.47 Å². The molecule has 0 saturated heterocycles. The number of imidazole rings is 1. The number of benzene rings is 1. The van der Waals surface area contributed by atoms with Crippen LogP contribution in [0.3, 0.4) is 0 Å². The van der Waals surface area contributed by atoms with Gasteiger partial charge < -0.3 is 9.47 Å². The minimum Gasteiger partial charge on any atom is -0.486 e.